The zero-order chi connectivity index (χ0) is 10.4. The lowest BCUT2D eigenvalue weighted by Gasteiger charge is -2.09. The summed E-state index contributed by atoms with van der Waals surface area (Å²) in [5, 5.41) is 9.39. The van der Waals surface area contributed by atoms with Gasteiger partial charge >= 0.3 is 0 Å². The Kier molecular flexibility index (Phi) is 1.48. The number of aliphatic hydroxyl groups is 1. The Balaban J connectivity index is 2.28. The van der Waals surface area contributed by atoms with Crippen LogP contribution in [0.4, 0.5) is 0 Å². The minimum absolute atomic E-state index is 0.0313. The van der Waals surface area contributed by atoms with Gasteiger partial charge in [-0.05, 0) is 28.9 Å². The van der Waals surface area contributed by atoms with Gasteiger partial charge in [0, 0.05) is 11.6 Å². The molecule has 0 spiro atoms. The molecule has 2 aliphatic carbocycles. The van der Waals surface area contributed by atoms with Crippen LogP contribution in [0.3, 0.4) is 0 Å². The summed E-state index contributed by atoms with van der Waals surface area (Å²) < 4.78 is 0. The van der Waals surface area contributed by atoms with Gasteiger partial charge in [0.1, 0.15) is 5.76 Å². The first-order valence-corrected chi connectivity index (χ1v) is 4.74. The fraction of sp³-hybridized carbons (Fsp3) is 0. The van der Waals surface area contributed by atoms with Crippen molar-refractivity contribution >= 4 is 17.4 Å². The van der Waals surface area contributed by atoms with Crippen molar-refractivity contribution in [1.29, 1.82) is 0 Å². The second-order valence-corrected chi connectivity index (χ2v) is 3.64. The van der Waals surface area contributed by atoms with Gasteiger partial charge in [0.15, 0.2) is 5.78 Å². The summed E-state index contributed by atoms with van der Waals surface area (Å²) in [5.74, 6) is -0.0925. The maximum absolute atomic E-state index is 11.6. The molecule has 2 heteroatoms. The average Bonchev–Trinajstić information content (AvgIpc) is 2.57. The predicted molar refractivity (Wildman–Crippen MR) is 58.1 cm³/mol. The van der Waals surface area contributed by atoms with Crippen LogP contribution >= 0.6 is 0 Å². The maximum Gasteiger partial charge on any atom is 0.190 e. The predicted octanol–water partition coefficient (Wildman–Crippen LogP) is 2.49. The maximum atomic E-state index is 11.6. The molecule has 0 aromatic heterocycles. The number of carbonyl (C=O) groups is 1. The first kappa shape index (κ1) is 8.24. The fourth-order valence-electron chi connectivity index (χ4n) is 2.01. The molecule has 1 N–H and O–H groups in total. The molecule has 0 amide bonds. The molecule has 2 nitrogen and oxygen atoms in total. The van der Waals surface area contributed by atoms with Crippen LogP contribution in [0, 0.1) is 0 Å². The normalized spacial score (nSPS) is 17.6. The number of rotatable bonds is 0. The first-order chi connectivity index (χ1) is 7.25. The Bertz CT molecular complexity index is 560. The molecule has 0 radical (unpaired) electrons. The third kappa shape index (κ3) is 1.08. The van der Waals surface area contributed by atoms with E-state index < -0.39 is 0 Å². The van der Waals surface area contributed by atoms with Gasteiger partial charge in [-0.1, -0.05) is 24.3 Å². The van der Waals surface area contributed by atoms with E-state index >= 15 is 0 Å². The molecule has 0 atom stereocenters. The van der Waals surface area contributed by atoms with E-state index in [1.54, 1.807) is 6.08 Å². The molecule has 1 aromatic rings. The van der Waals surface area contributed by atoms with Crippen LogP contribution in [0.2, 0.25) is 0 Å². The molecule has 1 aromatic carbocycles. The fourth-order valence-corrected chi connectivity index (χ4v) is 2.01. The molecule has 0 saturated heterocycles. The number of hydrogen-bond donors (Lipinski definition) is 1. The molecule has 3 rings (SSSR count). The summed E-state index contributed by atoms with van der Waals surface area (Å²) in [5.41, 5.74) is 3.56. The first-order valence-electron chi connectivity index (χ1n) is 4.74. The van der Waals surface area contributed by atoms with Gasteiger partial charge in [0.25, 0.3) is 0 Å². The largest absolute Gasteiger partial charge is 0.508 e. The Morgan fingerprint density at radius 3 is 2.60 bits per heavy atom. The number of carbonyl (C=O) groups excluding carboxylic acids is 1. The number of allylic oxidation sites excluding steroid dienone is 4. The highest BCUT2D eigenvalue weighted by molar-refractivity contribution is 6.23. The summed E-state index contributed by atoms with van der Waals surface area (Å²) in [6.45, 7) is 0. The van der Waals surface area contributed by atoms with Crippen molar-refractivity contribution in [2.75, 3.05) is 0 Å². The highest BCUT2D eigenvalue weighted by Gasteiger charge is 2.25. The molecule has 15 heavy (non-hydrogen) atoms. The van der Waals surface area contributed by atoms with Gasteiger partial charge < -0.3 is 5.11 Å². The van der Waals surface area contributed by atoms with Crippen LogP contribution in [-0.2, 0) is 4.79 Å². The van der Waals surface area contributed by atoms with Crippen molar-refractivity contribution in [2.24, 2.45) is 0 Å². The van der Waals surface area contributed by atoms with Crippen molar-refractivity contribution in [3.05, 3.63) is 58.9 Å². The third-order valence-electron chi connectivity index (χ3n) is 2.68. The summed E-state index contributed by atoms with van der Waals surface area (Å²) in [4.78, 5) is 11.6. The highest BCUT2D eigenvalue weighted by Crippen LogP contribution is 2.38. The second kappa shape index (κ2) is 2.70. The lowest BCUT2D eigenvalue weighted by Crippen LogP contribution is -2.04. The zero-order valence-corrected chi connectivity index (χ0v) is 7.90. The van der Waals surface area contributed by atoms with Crippen LogP contribution < -0.4 is 0 Å². The van der Waals surface area contributed by atoms with Crippen LogP contribution in [0.5, 0.6) is 0 Å². The molecule has 72 valence electrons. The van der Waals surface area contributed by atoms with E-state index in [0.717, 1.165) is 16.7 Å². The molecule has 0 fully saturated rings. The van der Waals surface area contributed by atoms with Crippen molar-refractivity contribution in [3.8, 4) is 0 Å². The van der Waals surface area contributed by atoms with Crippen molar-refractivity contribution < 1.29 is 9.90 Å². The molecule has 0 heterocycles. The monoisotopic (exact) mass is 196 g/mol. The smallest absolute Gasteiger partial charge is 0.190 e. The Morgan fingerprint density at radius 1 is 0.933 bits per heavy atom. The standard InChI is InChI=1S/C13H8O2/c14-9-6-11-10-4-2-1-3-8(10)5-12(11)13(15)7-9/h1-7,14H. The van der Waals surface area contributed by atoms with E-state index in [1.165, 1.54) is 6.08 Å². The van der Waals surface area contributed by atoms with E-state index in [1.807, 2.05) is 30.3 Å². The SMILES string of the molecule is O=C1C=C(O)C=C2C1=Cc1ccccc12. The van der Waals surface area contributed by atoms with Crippen LogP contribution in [0.1, 0.15) is 11.1 Å². The van der Waals surface area contributed by atoms with E-state index in [9.17, 15) is 9.90 Å². The topological polar surface area (TPSA) is 37.3 Å². The lowest BCUT2D eigenvalue weighted by molar-refractivity contribution is -0.111. The molecule has 0 saturated carbocycles. The Hall–Kier alpha value is -2.09. The zero-order valence-electron chi connectivity index (χ0n) is 7.90. The summed E-state index contributed by atoms with van der Waals surface area (Å²) >= 11 is 0. The van der Waals surface area contributed by atoms with Crippen molar-refractivity contribution in [3.63, 3.8) is 0 Å². The van der Waals surface area contributed by atoms with Gasteiger partial charge in [-0.15, -0.1) is 0 Å². The molecular weight excluding hydrogens is 188 g/mol. The number of hydrogen-bond acceptors (Lipinski definition) is 2. The van der Waals surface area contributed by atoms with Gasteiger partial charge in [-0.3, -0.25) is 4.79 Å². The number of aliphatic hydroxyl groups excluding tert-OH is 1. The van der Waals surface area contributed by atoms with Gasteiger partial charge in [0.05, 0.1) is 0 Å². The minimum atomic E-state index is -0.124. The molecule has 0 aliphatic heterocycles. The number of benzene rings is 1. The van der Waals surface area contributed by atoms with Crippen molar-refractivity contribution in [1.82, 2.24) is 0 Å². The highest BCUT2D eigenvalue weighted by atomic mass is 16.3. The average molecular weight is 196 g/mol. The van der Waals surface area contributed by atoms with Crippen molar-refractivity contribution in [2.45, 2.75) is 0 Å². The van der Waals surface area contributed by atoms with E-state index in [2.05, 4.69) is 0 Å². The Labute approximate surface area is 86.9 Å². The summed E-state index contributed by atoms with van der Waals surface area (Å²) in [6, 6.07) is 7.78. The molecule has 2 aliphatic rings. The van der Waals surface area contributed by atoms with E-state index in [0.29, 0.717) is 5.57 Å². The minimum Gasteiger partial charge on any atom is -0.508 e. The molecule has 0 unspecified atom stereocenters. The molecule has 0 bridgehead atoms. The van der Waals surface area contributed by atoms with E-state index in [-0.39, 0.29) is 11.5 Å². The van der Waals surface area contributed by atoms with Crippen LogP contribution in [-0.4, -0.2) is 10.9 Å². The lowest BCUT2D eigenvalue weighted by atomic mass is 9.95. The molecular formula is C13H8O2. The Morgan fingerprint density at radius 2 is 1.73 bits per heavy atom. The van der Waals surface area contributed by atoms with Gasteiger partial charge in [0.2, 0.25) is 0 Å². The summed E-state index contributed by atoms with van der Waals surface area (Å²) in [6.07, 6.45) is 4.76. The van der Waals surface area contributed by atoms with Gasteiger partial charge in [-0.25, -0.2) is 0 Å². The number of ketones is 1. The van der Waals surface area contributed by atoms with Crippen LogP contribution in [0.15, 0.2) is 47.7 Å². The summed E-state index contributed by atoms with van der Waals surface area (Å²) in [7, 11) is 0. The van der Waals surface area contributed by atoms with Gasteiger partial charge in [-0.2, -0.15) is 0 Å². The quantitative estimate of drug-likeness (QED) is 0.692. The third-order valence-corrected chi connectivity index (χ3v) is 2.68. The van der Waals surface area contributed by atoms with Crippen LogP contribution in [0.25, 0.3) is 11.6 Å². The number of fused-ring (bicyclic) bond motifs is 3. The van der Waals surface area contributed by atoms with E-state index in [4.69, 9.17) is 0 Å². The second-order valence-electron chi connectivity index (χ2n) is 3.64.